The molecule has 1 aliphatic heterocycles. The summed E-state index contributed by atoms with van der Waals surface area (Å²) in [6, 6.07) is 0. The molecule has 0 saturated carbocycles. The van der Waals surface area contributed by atoms with Crippen LogP contribution in [0.25, 0.3) is 0 Å². The van der Waals surface area contributed by atoms with Crippen molar-refractivity contribution in [2.24, 2.45) is 5.41 Å². The van der Waals surface area contributed by atoms with E-state index in [1.54, 1.807) is 13.8 Å². The first kappa shape index (κ1) is 23.9. The summed E-state index contributed by atoms with van der Waals surface area (Å²) < 4.78 is 11.4. The van der Waals surface area contributed by atoms with E-state index in [0.717, 1.165) is 12.8 Å². The normalized spacial score (nSPS) is 20.7. The highest BCUT2D eigenvalue weighted by atomic mass is 32.2. The number of unbranched alkanes of at least 4 members (excludes halogenated alkanes) is 1. The Kier molecular flexibility index (Phi) is 9.76. The molecule has 0 radical (unpaired) electrons. The van der Waals surface area contributed by atoms with Gasteiger partial charge in [0.25, 0.3) is 0 Å². The number of rotatable bonds is 10. The van der Waals surface area contributed by atoms with Crippen molar-refractivity contribution >= 4 is 28.7 Å². The lowest BCUT2D eigenvalue weighted by atomic mass is 9.85. The highest BCUT2D eigenvalue weighted by Gasteiger charge is 2.45. The second kappa shape index (κ2) is 11.0. The first-order valence-electron chi connectivity index (χ1n) is 9.59. The lowest BCUT2D eigenvalue weighted by Gasteiger charge is -2.44. The van der Waals surface area contributed by atoms with Gasteiger partial charge in [0.2, 0.25) is 11.8 Å². The fourth-order valence-electron chi connectivity index (χ4n) is 2.55. The van der Waals surface area contributed by atoms with Gasteiger partial charge >= 0.3 is 0 Å². The van der Waals surface area contributed by atoms with Crippen LogP contribution in [-0.2, 0) is 23.9 Å². The number of thioether (sulfide) groups is 1. The van der Waals surface area contributed by atoms with Crippen molar-refractivity contribution in [1.82, 2.24) is 10.6 Å². The van der Waals surface area contributed by atoms with Crippen molar-refractivity contribution in [3.05, 3.63) is 0 Å². The van der Waals surface area contributed by atoms with Gasteiger partial charge in [0.1, 0.15) is 6.10 Å². The largest absolute Gasteiger partial charge is 0.355 e. The lowest BCUT2D eigenvalue weighted by Crippen LogP contribution is -2.56. The van der Waals surface area contributed by atoms with Crippen molar-refractivity contribution < 1.29 is 23.9 Å². The van der Waals surface area contributed by atoms with Crippen LogP contribution in [-0.4, -0.2) is 54.3 Å². The summed E-state index contributed by atoms with van der Waals surface area (Å²) >= 11 is 1.25. The zero-order valence-corrected chi connectivity index (χ0v) is 18.0. The predicted molar refractivity (Wildman–Crippen MR) is 106 cm³/mol. The van der Waals surface area contributed by atoms with Gasteiger partial charge in [-0.15, -0.1) is 0 Å². The Balaban J connectivity index is 2.23. The summed E-state index contributed by atoms with van der Waals surface area (Å²) in [5.74, 6) is -0.619. The number of carbonyl (C=O) groups excluding carboxylic acids is 3. The molecule has 2 amide bonds. The van der Waals surface area contributed by atoms with Gasteiger partial charge in [0.05, 0.1) is 6.61 Å². The third-order valence-electron chi connectivity index (χ3n) is 4.21. The number of hydrogen-bond acceptors (Lipinski definition) is 6. The molecule has 0 aliphatic carbocycles. The second-order valence-electron chi connectivity index (χ2n) is 7.89. The molecule has 1 aliphatic rings. The van der Waals surface area contributed by atoms with E-state index in [4.69, 9.17) is 9.47 Å². The van der Waals surface area contributed by atoms with Crippen LogP contribution in [0, 0.1) is 5.41 Å². The monoisotopic (exact) mass is 402 g/mol. The van der Waals surface area contributed by atoms with Crippen LogP contribution in [0.4, 0.5) is 0 Å². The number of carbonyl (C=O) groups is 3. The Hall–Kier alpha value is -1.12. The van der Waals surface area contributed by atoms with Crippen molar-refractivity contribution in [3.63, 3.8) is 0 Å². The molecule has 0 unspecified atom stereocenters. The molecule has 156 valence electrons. The molecule has 1 saturated heterocycles. The van der Waals surface area contributed by atoms with E-state index < -0.39 is 17.3 Å². The Morgan fingerprint density at radius 1 is 1.07 bits per heavy atom. The first-order chi connectivity index (χ1) is 12.6. The molecule has 2 N–H and O–H groups in total. The summed E-state index contributed by atoms with van der Waals surface area (Å²) in [7, 11) is 0. The molecule has 1 heterocycles. The van der Waals surface area contributed by atoms with Gasteiger partial charge < -0.3 is 20.1 Å². The van der Waals surface area contributed by atoms with Gasteiger partial charge in [-0.2, -0.15) is 0 Å². The molecule has 0 bridgehead atoms. The van der Waals surface area contributed by atoms with E-state index in [0.29, 0.717) is 25.3 Å². The van der Waals surface area contributed by atoms with Crippen LogP contribution in [0.2, 0.25) is 0 Å². The second-order valence-corrected chi connectivity index (χ2v) is 9.04. The fraction of sp³-hybridized carbons (Fsp3) is 0.842. The number of hydrogen-bond donors (Lipinski definition) is 2. The minimum atomic E-state index is -0.804. The van der Waals surface area contributed by atoms with Gasteiger partial charge in [-0.25, -0.2) is 0 Å². The van der Waals surface area contributed by atoms with Crippen molar-refractivity contribution in [2.45, 2.75) is 72.2 Å². The molecular formula is C19H34N2O5S. The minimum absolute atomic E-state index is 0.149. The van der Waals surface area contributed by atoms with E-state index in [1.807, 2.05) is 20.8 Å². The molecule has 7 nitrogen and oxygen atoms in total. The maximum absolute atomic E-state index is 12.4. The fourth-order valence-corrected chi connectivity index (χ4v) is 3.27. The molecule has 0 spiro atoms. The van der Waals surface area contributed by atoms with Crippen molar-refractivity contribution in [3.8, 4) is 0 Å². The molecule has 8 heteroatoms. The summed E-state index contributed by atoms with van der Waals surface area (Å²) in [4.78, 5) is 35.8. The maximum atomic E-state index is 12.4. The first-order valence-corrected chi connectivity index (χ1v) is 10.6. The highest BCUT2D eigenvalue weighted by Crippen LogP contribution is 2.34. The molecule has 0 aromatic carbocycles. The van der Waals surface area contributed by atoms with E-state index in [9.17, 15) is 14.4 Å². The van der Waals surface area contributed by atoms with E-state index in [2.05, 4.69) is 10.6 Å². The zero-order chi connectivity index (χ0) is 20.5. The minimum Gasteiger partial charge on any atom is -0.355 e. The highest BCUT2D eigenvalue weighted by molar-refractivity contribution is 8.13. The van der Waals surface area contributed by atoms with Gasteiger partial charge in [-0.3, -0.25) is 14.4 Å². The van der Waals surface area contributed by atoms with E-state index in [1.165, 1.54) is 11.8 Å². The Bertz CT molecular complexity index is 522. The van der Waals surface area contributed by atoms with Crippen molar-refractivity contribution in [2.75, 3.05) is 25.4 Å². The van der Waals surface area contributed by atoms with Gasteiger partial charge in [0.15, 0.2) is 10.9 Å². The van der Waals surface area contributed by atoms with Crippen LogP contribution in [0.1, 0.15) is 60.3 Å². The smallest absolute Gasteiger partial charge is 0.249 e. The van der Waals surface area contributed by atoms with E-state index >= 15 is 0 Å². The molecule has 0 aromatic heterocycles. The quantitative estimate of drug-likeness (QED) is 0.544. The molecular weight excluding hydrogens is 368 g/mol. The molecule has 1 fully saturated rings. The van der Waals surface area contributed by atoms with Crippen LogP contribution in [0.15, 0.2) is 0 Å². The molecule has 27 heavy (non-hydrogen) atoms. The SMILES string of the molecule is CCCCC(=O)SCCNC(=O)CCNC(=O)[C@@H]1OC(C)(C)OCC1(C)C. The van der Waals surface area contributed by atoms with Crippen LogP contribution >= 0.6 is 11.8 Å². The molecule has 0 aromatic rings. The number of nitrogens with one attached hydrogen (secondary N) is 2. The third-order valence-corrected chi connectivity index (χ3v) is 5.15. The van der Waals surface area contributed by atoms with Gasteiger partial charge in [0, 0.05) is 37.1 Å². The van der Waals surface area contributed by atoms with Crippen molar-refractivity contribution in [1.29, 1.82) is 0 Å². The average molecular weight is 403 g/mol. The van der Waals surface area contributed by atoms with Crippen LogP contribution in [0.5, 0.6) is 0 Å². The van der Waals surface area contributed by atoms with Crippen LogP contribution < -0.4 is 10.6 Å². The Morgan fingerprint density at radius 2 is 1.78 bits per heavy atom. The summed E-state index contributed by atoms with van der Waals surface area (Å²) in [5, 5.41) is 5.70. The standard InChI is InChI=1S/C19H34N2O5S/c1-6-7-8-15(23)27-12-11-20-14(22)9-10-21-17(24)16-18(2,3)13-25-19(4,5)26-16/h16H,6-13H2,1-5H3,(H,20,22)(H,21,24)/t16-/m0/s1. The topological polar surface area (TPSA) is 93.7 Å². The summed E-state index contributed by atoms with van der Waals surface area (Å²) in [6.07, 6.45) is 2.05. The zero-order valence-electron chi connectivity index (χ0n) is 17.2. The molecule has 1 atom stereocenters. The Morgan fingerprint density at radius 3 is 2.44 bits per heavy atom. The maximum Gasteiger partial charge on any atom is 0.249 e. The summed E-state index contributed by atoms with van der Waals surface area (Å²) in [6.45, 7) is 10.5. The Labute approximate surface area is 166 Å². The van der Waals surface area contributed by atoms with E-state index in [-0.39, 0.29) is 29.9 Å². The third kappa shape index (κ3) is 9.08. The summed E-state index contributed by atoms with van der Waals surface area (Å²) in [5.41, 5.74) is -0.441. The average Bonchev–Trinajstić information content (AvgIpc) is 2.59. The van der Waals surface area contributed by atoms with Crippen LogP contribution in [0.3, 0.4) is 0 Å². The number of amides is 2. The molecule has 1 rings (SSSR count). The lowest BCUT2D eigenvalue weighted by molar-refractivity contribution is -0.304. The predicted octanol–water partition coefficient (Wildman–Crippen LogP) is 2.24. The number of ether oxygens (including phenoxy) is 2. The van der Waals surface area contributed by atoms with Gasteiger partial charge in [-0.1, -0.05) is 39.0 Å². The van der Waals surface area contributed by atoms with Gasteiger partial charge in [-0.05, 0) is 20.3 Å².